The Morgan fingerprint density at radius 2 is 1.92 bits per heavy atom. The summed E-state index contributed by atoms with van der Waals surface area (Å²) in [5.41, 5.74) is 1.20. The highest BCUT2D eigenvalue weighted by Gasteiger charge is 2.22. The lowest BCUT2D eigenvalue weighted by molar-refractivity contribution is 0.0690. The Kier molecular flexibility index (Phi) is 6.05. The first-order valence-electron chi connectivity index (χ1n) is 8.93. The molecular formula is C18H25N5O2S. The maximum atomic E-state index is 11.8. The van der Waals surface area contributed by atoms with Gasteiger partial charge in [-0.2, -0.15) is 5.10 Å². The van der Waals surface area contributed by atoms with Crippen LogP contribution in [0.4, 0.5) is 4.79 Å². The normalized spacial score (nSPS) is 16.5. The second kappa shape index (κ2) is 8.46. The number of benzene rings is 1. The largest absolute Gasteiger partial charge is 0.450 e. The Balaban J connectivity index is 1.61. The van der Waals surface area contributed by atoms with Crippen molar-refractivity contribution in [3.8, 4) is 0 Å². The van der Waals surface area contributed by atoms with Gasteiger partial charge in [0.1, 0.15) is 6.33 Å². The summed E-state index contributed by atoms with van der Waals surface area (Å²) in [6.45, 7) is 7.86. The summed E-state index contributed by atoms with van der Waals surface area (Å²) >= 11 is 5.62. The minimum absolute atomic E-state index is 0.137. The summed E-state index contributed by atoms with van der Waals surface area (Å²) in [4.78, 5) is 15.8. The number of aromatic nitrogens is 3. The summed E-state index contributed by atoms with van der Waals surface area (Å²) in [7, 11) is 0. The first kappa shape index (κ1) is 18.6. The molecule has 2 heterocycles. The van der Waals surface area contributed by atoms with Crippen molar-refractivity contribution in [3.05, 3.63) is 47.0 Å². The van der Waals surface area contributed by atoms with Crippen molar-refractivity contribution in [1.29, 1.82) is 0 Å². The molecule has 0 unspecified atom stereocenters. The molecule has 0 radical (unpaired) electrons. The molecule has 7 nitrogen and oxygen atoms in total. The topological polar surface area (TPSA) is 55.5 Å². The quantitative estimate of drug-likeness (QED) is 0.752. The Labute approximate surface area is 158 Å². The minimum Gasteiger partial charge on any atom is -0.450 e. The number of hydrogen-bond donors (Lipinski definition) is 0. The van der Waals surface area contributed by atoms with Gasteiger partial charge in [0.2, 0.25) is 0 Å². The fraction of sp³-hybridized carbons (Fsp3) is 0.500. The molecule has 0 saturated carbocycles. The molecule has 1 saturated heterocycles. The lowest BCUT2D eigenvalue weighted by atomic mass is 10.1. The highest BCUT2D eigenvalue weighted by atomic mass is 32.1. The van der Waals surface area contributed by atoms with Crippen molar-refractivity contribution in [2.45, 2.75) is 26.6 Å². The first-order valence-corrected chi connectivity index (χ1v) is 9.34. The van der Waals surface area contributed by atoms with Gasteiger partial charge in [-0.3, -0.25) is 9.47 Å². The van der Waals surface area contributed by atoms with Crippen LogP contribution in [-0.4, -0.2) is 63.0 Å². The van der Waals surface area contributed by atoms with E-state index in [9.17, 15) is 4.79 Å². The molecule has 0 spiro atoms. The average molecular weight is 375 g/mol. The molecule has 1 aliphatic heterocycles. The zero-order chi connectivity index (χ0) is 18.5. The third kappa shape index (κ3) is 4.13. The maximum Gasteiger partial charge on any atom is 0.409 e. The van der Waals surface area contributed by atoms with Gasteiger partial charge in [0.15, 0.2) is 4.77 Å². The molecule has 3 rings (SSSR count). The predicted molar refractivity (Wildman–Crippen MR) is 101 cm³/mol. The van der Waals surface area contributed by atoms with E-state index in [1.54, 1.807) is 11.2 Å². The standard InChI is InChI=1S/C18H25N5O2S/c1-3-25-18(24)21-11-9-20(10-12-21)14-23-17(26)22(13-19-23)15(2)16-7-5-4-6-8-16/h4-8,13,15H,3,9-12,14H2,1-2H3/t15-/m0/s1. The minimum atomic E-state index is -0.232. The molecule has 8 heteroatoms. The monoisotopic (exact) mass is 375 g/mol. The number of rotatable bonds is 5. The van der Waals surface area contributed by atoms with Gasteiger partial charge in [-0.1, -0.05) is 30.3 Å². The van der Waals surface area contributed by atoms with Crippen molar-refractivity contribution < 1.29 is 9.53 Å². The lowest BCUT2D eigenvalue weighted by Crippen LogP contribution is -2.49. The molecule has 26 heavy (non-hydrogen) atoms. The smallest absolute Gasteiger partial charge is 0.409 e. The number of carbonyl (C=O) groups is 1. The number of hydrogen-bond acceptors (Lipinski definition) is 5. The predicted octanol–water partition coefficient (Wildman–Crippen LogP) is 2.75. The average Bonchev–Trinajstić information content (AvgIpc) is 3.03. The van der Waals surface area contributed by atoms with Gasteiger partial charge in [0.05, 0.1) is 19.3 Å². The van der Waals surface area contributed by atoms with E-state index >= 15 is 0 Å². The number of amides is 1. The fourth-order valence-electron chi connectivity index (χ4n) is 3.08. The third-order valence-electron chi connectivity index (χ3n) is 4.69. The number of ether oxygens (including phenoxy) is 1. The van der Waals surface area contributed by atoms with E-state index in [0.29, 0.717) is 31.1 Å². The molecule has 0 aliphatic carbocycles. The fourth-order valence-corrected chi connectivity index (χ4v) is 3.39. The van der Waals surface area contributed by atoms with Crippen LogP contribution < -0.4 is 0 Å². The van der Waals surface area contributed by atoms with E-state index in [1.807, 2.05) is 34.4 Å². The number of piperazine rings is 1. The zero-order valence-corrected chi connectivity index (χ0v) is 16.1. The third-order valence-corrected chi connectivity index (χ3v) is 5.11. The summed E-state index contributed by atoms with van der Waals surface area (Å²) in [6, 6.07) is 10.4. The van der Waals surface area contributed by atoms with Gasteiger partial charge in [-0.15, -0.1) is 0 Å². The summed E-state index contributed by atoms with van der Waals surface area (Å²) in [5.74, 6) is 0. The van der Waals surface area contributed by atoms with Crippen LogP contribution in [0, 0.1) is 4.77 Å². The lowest BCUT2D eigenvalue weighted by Gasteiger charge is -2.33. The van der Waals surface area contributed by atoms with Crippen molar-refractivity contribution in [3.63, 3.8) is 0 Å². The van der Waals surface area contributed by atoms with Crippen LogP contribution in [0.25, 0.3) is 0 Å². The molecule has 1 aliphatic rings. The van der Waals surface area contributed by atoms with Gasteiger partial charge in [-0.05, 0) is 31.6 Å². The van der Waals surface area contributed by atoms with Crippen LogP contribution in [0.15, 0.2) is 36.7 Å². The molecule has 2 aromatic rings. The Morgan fingerprint density at radius 1 is 1.23 bits per heavy atom. The summed E-state index contributed by atoms with van der Waals surface area (Å²) in [6.07, 6.45) is 1.57. The molecule has 140 valence electrons. The molecular weight excluding hydrogens is 350 g/mol. The highest BCUT2D eigenvalue weighted by Crippen LogP contribution is 2.18. The van der Waals surface area contributed by atoms with Crippen LogP contribution in [-0.2, 0) is 11.4 Å². The zero-order valence-electron chi connectivity index (χ0n) is 15.2. The van der Waals surface area contributed by atoms with Crippen molar-refractivity contribution in [2.75, 3.05) is 32.8 Å². The van der Waals surface area contributed by atoms with Crippen LogP contribution in [0.5, 0.6) is 0 Å². The molecule has 1 aromatic carbocycles. The van der Waals surface area contributed by atoms with Crippen LogP contribution in [0.1, 0.15) is 25.5 Å². The molecule has 1 atom stereocenters. The molecule has 1 amide bonds. The Hall–Kier alpha value is -2.19. The molecule has 0 bridgehead atoms. The first-order chi connectivity index (χ1) is 12.6. The van der Waals surface area contributed by atoms with Gasteiger partial charge in [-0.25, -0.2) is 9.48 Å². The SMILES string of the molecule is CCOC(=O)N1CCN(Cn2ncn([C@@H](C)c3ccccc3)c2=S)CC1. The second-order valence-electron chi connectivity index (χ2n) is 6.35. The number of carbonyl (C=O) groups excluding carboxylic acids is 1. The van der Waals surface area contributed by atoms with E-state index in [2.05, 4.69) is 29.1 Å². The van der Waals surface area contributed by atoms with Gasteiger partial charge >= 0.3 is 6.09 Å². The van der Waals surface area contributed by atoms with Crippen molar-refractivity contribution >= 4 is 18.3 Å². The molecule has 1 fully saturated rings. The molecule has 0 N–H and O–H groups in total. The van der Waals surface area contributed by atoms with Crippen molar-refractivity contribution in [1.82, 2.24) is 24.1 Å². The Morgan fingerprint density at radius 3 is 2.58 bits per heavy atom. The van der Waals surface area contributed by atoms with Gasteiger partial charge < -0.3 is 9.64 Å². The number of nitrogens with zero attached hydrogens (tertiary/aromatic N) is 5. The maximum absolute atomic E-state index is 11.8. The van der Waals surface area contributed by atoms with Gasteiger partial charge in [0, 0.05) is 26.2 Å². The van der Waals surface area contributed by atoms with Crippen LogP contribution in [0.2, 0.25) is 0 Å². The highest BCUT2D eigenvalue weighted by molar-refractivity contribution is 7.71. The summed E-state index contributed by atoms with van der Waals surface area (Å²) in [5, 5.41) is 4.47. The second-order valence-corrected chi connectivity index (χ2v) is 6.72. The van der Waals surface area contributed by atoms with Crippen molar-refractivity contribution in [2.24, 2.45) is 0 Å². The van der Waals surface area contributed by atoms with Gasteiger partial charge in [0.25, 0.3) is 0 Å². The van der Waals surface area contributed by atoms with Crippen LogP contribution in [0.3, 0.4) is 0 Å². The van der Waals surface area contributed by atoms with E-state index in [4.69, 9.17) is 17.0 Å². The van der Waals surface area contributed by atoms with E-state index in [1.165, 1.54) is 5.56 Å². The van der Waals surface area contributed by atoms with E-state index in [0.717, 1.165) is 13.1 Å². The molecule has 1 aromatic heterocycles. The summed E-state index contributed by atoms with van der Waals surface area (Å²) < 4.78 is 9.62. The van der Waals surface area contributed by atoms with Crippen LogP contribution >= 0.6 is 12.2 Å². The van der Waals surface area contributed by atoms with E-state index < -0.39 is 0 Å². The van der Waals surface area contributed by atoms with E-state index in [-0.39, 0.29) is 12.1 Å². The Bertz CT molecular complexity index is 780.